The molecule has 0 saturated heterocycles. The molecule has 0 bridgehead atoms. The topological polar surface area (TPSA) is 71.3 Å². The number of benzene rings is 3. The van der Waals surface area contributed by atoms with Gasteiger partial charge in [-0.05, 0) is 53.6 Å². The Hall–Kier alpha value is -3.08. The number of carbonyl (C=O) groups is 1. The van der Waals surface area contributed by atoms with Crippen molar-refractivity contribution in [2.75, 3.05) is 12.4 Å². The van der Waals surface area contributed by atoms with E-state index in [1.807, 2.05) is 36.4 Å². The van der Waals surface area contributed by atoms with E-state index in [-0.39, 0.29) is 5.57 Å². The van der Waals surface area contributed by atoms with Gasteiger partial charge in [0.2, 0.25) is 0 Å². The number of hydrogen-bond donors (Lipinski definition) is 1. The zero-order valence-electron chi connectivity index (χ0n) is 16.6. The van der Waals surface area contributed by atoms with Crippen LogP contribution in [0.15, 0.2) is 81.2 Å². The highest BCUT2D eigenvalue weighted by atomic mass is 79.9. The summed E-state index contributed by atoms with van der Waals surface area (Å²) in [7, 11) is 1.54. The molecule has 0 heterocycles. The summed E-state index contributed by atoms with van der Waals surface area (Å²) in [5.41, 5.74) is 2.20. The lowest BCUT2D eigenvalue weighted by atomic mass is 10.1. The number of nitriles is 1. The Labute approximate surface area is 197 Å². The van der Waals surface area contributed by atoms with Crippen molar-refractivity contribution in [1.29, 1.82) is 5.26 Å². The summed E-state index contributed by atoms with van der Waals surface area (Å²) in [6.07, 6.45) is 1.50. The average Bonchev–Trinajstić information content (AvgIpc) is 2.79. The molecule has 0 saturated carbocycles. The van der Waals surface area contributed by atoms with Crippen molar-refractivity contribution in [2.24, 2.45) is 0 Å². The van der Waals surface area contributed by atoms with E-state index in [0.717, 1.165) is 10.0 Å². The van der Waals surface area contributed by atoms with Crippen LogP contribution in [0.1, 0.15) is 11.1 Å². The van der Waals surface area contributed by atoms with Crippen LogP contribution in [0.5, 0.6) is 11.5 Å². The summed E-state index contributed by atoms with van der Waals surface area (Å²) in [6.45, 7) is 0.387. The van der Waals surface area contributed by atoms with E-state index in [0.29, 0.717) is 33.8 Å². The lowest BCUT2D eigenvalue weighted by Crippen LogP contribution is -2.13. The normalized spacial score (nSPS) is 10.8. The molecular formula is C24H18Br2N2O3. The molecule has 7 heteroatoms. The van der Waals surface area contributed by atoms with Crippen LogP contribution < -0.4 is 14.8 Å². The summed E-state index contributed by atoms with van der Waals surface area (Å²) < 4.78 is 12.9. The van der Waals surface area contributed by atoms with Gasteiger partial charge in [-0.1, -0.05) is 62.2 Å². The van der Waals surface area contributed by atoms with Crippen molar-refractivity contribution in [3.63, 3.8) is 0 Å². The van der Waals surface area contributed by atoms with Crippen molar-refractivity contribution in [3.8, 4) is 17.6 Å². The standard InChI is InChI=1S/C24H18Br2N2O3/c1-30-22-12-17(21(26)13-23(22)31-15-16-5-3-2-4-6-16)11-18(14-27)24(29)28-20-9-7-19(25)8-10-20/h2-13H,15H2,1H3,(H,28,29)/b18-11+. The molecule has 3 aromatic rings. The third-order valence-corrected chi connectivity index (χ3v) is 5.50. The Morgan fingerprint density at radius 3 is 2.42 bits per heavy atom. The van der Waals surface area contributed by atoms with E-state index < -0.39 is 5.91 Å². The van der Waals surface area contributed by atoms with Gasteiger partial charge in [-0.2, -0.15) is 5.26 Å². The maximum Gasteiger partial charge on any atom is 0.266 e. The van der Waals surface area contributed by atoms with E-state index in [1.54, 1.807) is 36.4 Å². The molecule has 3 rings (SSSR count). The van der Waals surface area contributed by atoms with Gasteiger partial charge < -0.3 is 14.8 Å². The zero-order chi connectivity index (χ0) is 22.2. The molecule has 0 radical (unpaired) electrons. The molecule has 1 N–H and O–H groups in total. The lowest BCUT2D eigenvalue weighted by molar-refractivity contribution is -0.112. The maximum atomic E-state index is 12.5. The fraction of sp³-hybridized carbons (Fsp3) is 0.0833. The van der Waals surface area contributed by atoms with Crippen molar-refractivity contribution >= 4 is 49.5 Å². The molecule has 0 atom stereocenters. The summed E-state index contributed by atoms with van der Waals surface area (Å²) in [6, 6.07) is 22.3. The van der Waals surface area contributed by atoms with Gasteiger partial charge in [0.25, 0.3) is 5.91 Å². The average molecular weight is 542 g/mol. The van der Waals surface area contributed by atoms with Crippen LogP contribution in [0, 0.1) is 11.3 Å². The van der Waals surface area contributed by atoms with Gasteiger partial charge in [0, 0.05) is 14.6 Å². The van der Waals surface area contributed by atoms with Gasteiger partial charge in [-0.3, -0.25) is 4.79 Å². The molecule has 0 unspecified atom stereocenters. The van der Waals surface area contributed by atoms with Crippen LogP contribution in [0.4, 0.5) is 5.69 Å². The van der Waals surface area contributed by atoms with Crippen LogP contribution in [0.3, 0.4) is 0 Å². The van der Waals surface area contributed by atoms with E-state index in [2.05, 4.69) is 37.2 Å². The first-order chi connectivity index (χ1) is 15.0. The zero-order valence-corrected chi connectivity index (χ0v) is 19.7. The first-order valence-corrected chi connectivity index (χ1v) is 10.8. The van der Waals surface area contributed by atoms with Crippen molar-refractivity contribution < 1.29 is 14.3 Å². The first-order valence-electron chi connectivity index (χ1n) is 9.23. The highest BCUT2D eigenvalue weighted by Gasteiger charge is 2.14. The molecule has 31 heavy (non-hydrogen) atoms. The monoisotopic (exact) mass is 540 g/mol. The second-order valence-electron chi connectivity index (χ2n) is 6.43. The number of methoxy groups -OCH3 is 1. The number of rotatable bonds is 7. The van der Waals surface area contributed by atoms with E-state index in [4.69, 9.17) is 9.47 Å². The largest absolute Gasteiger partial charge is 0.493 e. The Kier molecular flexibility index (Phi) is 7.88. The number of halogens is 2. The second-order valence-corrected chi connectivity index (χ2v) is 8.20. The molecule has 0 aromatic heterocycles. The fourth-order valence-corrected chi connectivity index (χ4v) is 3.41. The van der Waals surface area contributed by atoms with Crippen LogP contribution in [0.2, 0.25) is 0 Å². The highest BCUT2D eigenvalue weighted by Crippen LogP contribution is 2.35. The lowest BCUT2D eigenvalue weighted by Gasteiger charge is -2.13. The van der Waals surface area contributed by atoms with Crippen molar-refractivity contribution in [3.05, 3.63) is 92.4 Å². The number of hydrogen-bond acceptors (Lipinski definition) is 4. The molecule has 1 amide bonds. The molecule has 156 valence electrons. The summed E-state index contributed by atoms with van der Waals surface area (Å²) >= 11 is 6.84. The Balaban J connectivity index is 1.81. The predicted molar refractivity (Wildman–Crippen MR) is 128 cm³/mol. The smallest absolute Gasteiger partial charge is 0.266 e. The fourth-order valence-electron chi connectivity index (χ4n) is 2.70. The van der Waals surface area contributed by atoms with Gasteiger partial charge in [0.05, 0.1) is 7.11 Å². The van der Waals surface area contributed by atoms with Gasteiger partial charge in [0.15, 0.2) is 11.5 Å². The third-order valence-electron chi connectivity index (χ3n) is 4.29. The molecule has 0 spiro atoms. The van der Waals surface area contributed by atoms with E-state index in [9.17, 15) is 10.1 Å². The third kappa shape index (κ3) is 6.20. The number of anilines is 1. The number of amides is 1. The Morgan fingerprint density at radius 1 is 1.06 bits per heavy atom. The minimum atomic E-state index is -0.500. The summed E-state index contributed by atoms with van der Waals surface area (Å²) in [5.74, 6) is 0.546. The molecule has 0 aliphatic heterocycles. The number of ether oxygens (including phenoxy) is 2. The van der Waals surface area contributed by atoms with Crippen molar-refractivity contribution in [1.82, 2.24) is 0 Å². The molecule has 0 aliphatic rings. The molecule has 5 nitrogen and oxygen atoms in total. The van der Waals surface area contributed by atoms with Crippen LogP contribution in [0.25, 0.3) is 6.08 Å². The Bertz CT molecular complexity index is 1140. The van der Waals surface area contributed by atoms with Crippen LogP contribution in [-0.2, 0) is 11.4 Å². The first kappa shape index (κ1) is 22.6. The van der Waals surface area contributed by atoms with E-state index in [1.165, 1.54) is 13.2 Å². The van der Waals surface area contributed by atoms with E-state index >= 15 is 0 Å². The minimum absolute atomic E-state index is 0.0383. The van der Waals surface area contributed by atoms with Gasteiger partial charge >= 0.3 is 0 Å². The predicted octanol–water partition coefficient (Wildman–Crippen LogP) is 6.34. The van der Waals surface area contributed by atoms with Gasteiger partial charge in [-0.15, -0.1) is 0 Å². The number of carbonyl (C=O) groups excluding carboxylic acids is 1. The maximum absolute atomic E-state index is 12.5. The second kappa shape index (κ2) is 10.8. The number of nitrogens with one attached hydrogen (secondary N) is 1. The quantitative estimate of drug-likeness (QED) is 0.279. The summed E-state index contributed by atoms with van der Waals surface area (Å²) in [5, 5.41) is 12.2. The van der Waals surface area contributed by atoms with Gasteiger partial charge in [-0.25, -0.2) is 0 Å². The molecule has 0 aliphatic carbocycles. The summed E-state index contributed by atoms with van der Waals surface area (Å²) in [4.78, 5) is 12.5. The molecule has 3 aromatic carbocycles. The minimum Gasteiger partial charge on any atom is -0.493 e. The number of nitrogens with zero attached hydrogens (tertiary/aromatic N) is 1. The Morgan fingerprint density at radius 2 is 1.77 bits per heavy atom. The highest BCUT2D eigenvalue weighted by molar-refractivity contribution is 9.10. The molecular weight excluding hydrogens is 524 g/mol. The molecule has 0 fully saturated rings. The van der Waals surface area contributed by atoms with Crippen LogP contribution in [-0.4, -0.2) is 13.0 Å². The van der Waals surface area contributed by atoms with Gasteiger partial charge in [0.1, 0.15) is 18.2 Å². The SMILES string of the molecule is COc1cc(/C=C(\C#N)C(=O)Nc2ccc(Br)cc2)c(Br)cc1OCc1ccccc1. The van der Waals surface area contributed by atoms with Crippen molar-refractivity contribution in [2.45, 2.75) is 6.61 Å². The van der Waals surface area contributed by atoms with Crippen LogP contribution >= 0.6 is 31.9 Å².